The van der Waals surface area contributed by atoms with Gasteiger partial charge in [0.15, 0.2) is 0 Å². The quantitative estimate of drug-likeness (QED) is 0.685. The van der Waals surface area contributed by atoms with Gasteiger partial charge in [-0.1, -0.05) is 6.92 Å². The lowest BCUT2D eigenvalue weighted by Crippen LogP contribution is -2.40. The number of amides is 1. The van der Waals surface area contributed by atoms with E-state index in [0.29, 0.717) is 18.3 Å². The van der Waals surface area contributed by atoms with Crippen LogP contribution in [0.15, 0.2) is 12.2 Å². The van der Waals surface area contributed by atoms with Gasteiger partial charge in [-0.25, -0.2) is 4.79 Å². The van der Waals surface area contributed by atoms with Crippen molar-refractivity contribution in [1.29, 1.82) is 0 Å². The normalized spacial score (nSPS) is 22.6. The van der Waals surface area contributed by atoms with Crippen LogP contribution in [0, 0.1) is 0 Å². The van der Waals surface area contributed by atoms with Crippen molar-refractivity contribution >= 4 is 23.6 Å². The number of carboxylic acid groups (broad SMARTS) is 1. The second-order valence-electron chi connectivity index (χ2n) is 3.14. The summed E-state index contributed by atoms with van der Waals surface area (Å²) in [5.74, 6) is -0.370. The van der Waals surface area contributed by atoms with Gasteiger partial charge >= 0.3 is 5.97 Å². The standard InChI is InChI=1S/C9H13NO3S/c1-7-6-10(4-5-14-7)8(11)2-3-9(12)13/h2-3,7H,4-6H2,1H3,(H,12,13)/b3-2+. The zero-order valence-corrected chi connectivity index (χ0v) is 8.79. The number of hydrogen-bond donors (Lipinski definition) is 1. The van der Waals surface area contributed by atoms with Gasteiger partial charge in [0.1, 0.15) is 0 Å². The van der Waals surface area contributed by atoms with Gasteiger partial charge in [-0.3, -0.25) is 4.79 Å². The highest BCUT2D eigenvalue weighted by molar-refractivity contribution is 7.99. The molecule has 1 fully saturated rings. The largest absolute Gasteiger partial charge is 0.478 e. The van der Waals surface area contributed by atoms with Crippen LogP contribution in [0.3, 0.4) is 0 Å². The number of carbonyl (C=O) groups excluding carboxylic acids is 1. The maximum atomic E-state index is 11.4. The molecule has 0 saturated carbocycles. The van der Waals surface area contributed by atoms with Gasteiger partial charge < -0.3 is 10.0 Å². The molecule has 1 aliphatic rings. The zero-order valence-electron chi connectivity index (χ0n) is 7.97. The summed E-state index contributed by atoms with van der Waals surface area (Å²) in [6.45, 7) is 3.47. The van der Waals surface area contributed by atoms with Gasteiger partial charge in [0.05, 0.1) is 0 Å². The summed E-state index contributed by atoms with van der Waals surface area (Å²) in [6.07, 6.45) is 2.00. The SMILES string of the molecule is CC1CN(C(=O)/C=C/C(=O)O)CCS1. The minimum atomic E-state index is -1.09. The molecule has 1 N–H and O–H groups in total. The maximum absolute atomic E-state index is 11.4. The molecular weight excluding hydrogens is 202 g/mol. The van der Waals surface area contributed by atoms with Crippen LogP contribution in [-0.2, 0) is 9.59 Å². The molecule has 0 aromatic rings. The predicted molar refractivity (Wildman–Crippen MR) is 55.3 cm³/mol. The van der Waals surface area contributed by atoms with E-state index in [1.165, 1.54) is 0 Å². The second kappa shape index (κ2) is 5.05. The van der Waals surface area contributed by atoms with Crippen LogP contribution in [0.25, 0.3) is 0 Å². The second-order valence-corrected chi connectivity index (χ2v) is 4.68. The van der Waals surface area contributed by atoms with E-state index in [1.54, 1.807) is 4.90 Å². The average molecular weight is 215 g/mol. The molecule has 0 radical (unpaired) electrons. The van der Waals surface area contributed by atoms with Crippen LogP contribution in [-0.4, -0.2) is 46.0 Å². The van der Waals surface area contributed by atoms with Crippen LogP contribution in [0.2, 0.25) is 0 Å². The fraction of sp³-hybridized carbons (Fsp3) is 0.556. The van der Waals surface area contributed by atoms with Crippen molar-refractivity contribution in [3.8, 4) is 0 Å². The van der Waals surface area contributed by atoms with Gasteiger partial charge in [-0.05, 0) is 0 Å². The maximum Gasteiger partial charge on any atom is 0.328 e. The van der Waals surface area contributed by atoms with Crippen LogP contribution < -0.4 is 0 Å². The summed E-state index contributed by atoms with van der Waals surface area (Å²) >= 11 is 1.83. The Hall–Kier alpha value is -0.970. The van der Waals surface area contributed by atoms with Gasteiger partial charge in [-0.15, -0.1) is 0 Å². The third-order valence-electron chi connectivity index (χ3n) is 1.92. The highest BCUT2D eigenvalue weighted by Crippen LogP contribution is 2.17. The van der Waals surface area contributed by atoms with Crippen molar-refractivity contribution in [3.63, 3.8) is 0 Å². The lowest BCUT2D eigenvalue weighted by molar-refractivity contribution is -0.132. The third-order valence-corrected chi connectivity index (χ3v) is 3.06. The molecule has 0 spiro atoms. The summed E-state index contributed by atoms with van der Waals surface area (Å²) in [5.41, 5.74) is 0. The van der Waals surface area contributed by atoms with Gasteiger partial charge in [-0.2, -0.15) is 11.8 Å². The number of aliphatic carboxylic acids is 1. The van der Waals surface area contributed by atoms with Gasteiger partial charge in [0.25, 0.3) is 0 Å². The predicted octanol–water partition coefficient (Wildman–Crippen LogP) is 0.591. The molecule has 0 aromatic carbocycles. The molecule has 0 aliphatic carbocycles. The topological polar surface area (TPSA) is 57.6 Å². The Bertz CT molecular complexity index is 265. The zero-order chi connectivity index (χ0) is 10.6. The summed E-state index contributed by atoms with van der Waals surface area (Å²) in [4.78, 5) is 23.3. The van der Waals surface area contributed by atoms with Crippen molar-refractivity contribution in [3.05, 3.63) is 12.2 Å². The molecule has 1 saturated heterocycles. The summed E-state index contributed by atoms with van der Waals surface area (Å²) in [7, 11) is 0. The Morgan fingerprint density at radius 3 is 2.79 bits per heavy atom. The number of thioether (sulfide) groups is 1. The first-order valence-electron chi connectivity index (χ1n) is 4.41. The van der Waals surface area contributed by atoms with Crippen LogP contribution in [0.5, 0.6) is 0 Å². The molecule has 5 heteroatoms. The fourth-order valence-electron chi connectivity index (χ4n) is 1.27. The molecule has 1 aliphatic heterocycles. The third kappa shape index (κ3) is 3.41. The van der Waals surface area contributed by atoms with Crippen molar-refractivity contribution in [1.82, 2.24) is 4.90 Å². The van der Waals surface area contributed by atoms with E-state index in [9.17, 15) is 9.59 Å². The fourth-order valence-corrected chi connectivity index (χ4v) is 2.28. The molecule has 14 heavy (non-hydrogen) atoms. The van der Waals surface area contributed by atoms with E-state index in [4.69, 9.17) is 5.11 Å². The molecule has 1 atom stereocenters. The van der Waals surface area contributed by atoms with E-state index in [-0.39, 0.29) is 5.91 Å². The molecule has 0 bridgehead atoms. The van der Waals surface area contributed by atoms with Crippen molar-refractivity contribution in [2.75, 3.05) is 18.8 Å². The minimum absolute atomic E-state index is 0.209. The van der Waals surface area contributed by atoms with Crippen molar-refractivity contribution in [2.45, 2.75) is 12.2 Å². The van der Waals surface area contributed by atoms with Crippen molar-refractivity contribution < 1.29 is 14.7 Å². The van der Waals surface area contributed by atoms with Crippen LogP contribution >= 0.6 is 11.8 Å². The van der Waals surface area contributed by atoms with E-state index in [0.717, 1.165) is 17.9 Å². The van der Waals surface area contributed by atoms with Gasteiger partial charge in [0.2, 0.25) is 5.91 Å². The Balaban J connectivity index is 2.47. The van der Waals surface area contributed by atoms with E-state index in [1.807, 2.05) is 11.8 Å². The molecule has 0 aromatic heterocycles. The Morgan fingerprint density at radius 2 is 2.21 bits per heavy atom. The number of hydrogen-bond acceptors (Lipinski definition) is 3. The van der Waals surface area contributed by atoms with Gasteiger partial charge in [0, 0.05) is 36.2 Å². The summed E-state index contributed by atoms with van der Waals surface area (Å²) < 4.78 is 0. The molecule has 1 heterocycles. The van der Waals surface area contributed by atoms with Crippen LogP contribution in [0.1, 0.15) is 6.92 Å². The first kappa shape index (κ1) is 11.1. The van der Waals surface area contributed by atoms with Crippen LogP contribution in [0.4, 0.5) is 0 Å². The first-order chi connectivity index (χ1) is 6.59. The number of carbonyl (C=O) groups is 2. The Labute approximate surface area is 87.0 Å². The molecule has 1 rings (SSSR count). The van der Waals surface area contributed by atoms with Crippen molar-refractivity contribution in [2.24, 2.45) is 0 Å². The summed E-state index contributed by atoms with van der Waals surface area (Å²) in [5, 5.41) is 8.79. The number of rotatable bonds is 2. The molecule has 1 unspecified atom stereocenters. The number of nitrogens with zero attached hydrogens (tertiary/aromatic N) is 1. The Kier molecular flexibility index (Phi) is 4.00. The molecule has 1 amide bonds. The van der Waals surface area contributed by atoms with E-state index in [2.05, 4.69) is 6.92 Å². The summed E-state index contributed by atoms with van der Waals surface area (Å²) in [6, 6.07) is 0. The Morgan fingerprint density at radius 1 is 1.50 bits per heavy atom. The molecule has 4 nitrogen and oxygen atoms in total. The minimum Gasteiger partial charge on any atom is -0.478 e. The molecule has 78 valence electrons. The van der Waals surface area contributed by atoms with E-state index >= 15 is 0 Å². The lowest BCUT2D eigenvalue weighted by atomic mass is 10.3. The monoisotopic (exact) mass is 215 g/mol. The lowest BCUT2D eigenvalue weighted by Gasteiger charge is -2.29. The first-order valence-corrected chi connectivity index (χ1v) is 5.46. The smallest absolute Gasteiger partial charge is 0.328 e. The van der Waals surface area contributed by atoms with E-state index < -0.39 is 5.97 Å². The number of carboxylic acids is 1. The highest BCUT2D eigenvalue weighted by atomic mass is 32.2. The highest BCUT2D eigenvalue weighted by Gasteiger charge is 2.19. The molecular formula is C9H13NO3S. The average Bonchev–Trinajstić information content (AvgIpc) is 2.14.